The van der Waals surface area contributed by atoms with Crippen molar-refractivity contribution in [3.05, 3.63) is 40.7 Å². The highest BCUT2D eigenvalue weighted by molar-refractivity contribution is 7.79. The summed E-state index contributed by atoms with van der Waals surface area (Å²) in [7, 11) is 3.06. The molecule has 33 heavy (non-hydrogen) atoms. The van der Waals surface area contributed by atoms with Crippen LogP contribution in [-0.4, -0.2) is 49.7 Å². The van der Waals surface area contributed by atoms with E-state index in [1.807, 2.05) is 0 Å². The lowest BCUT2D eigenvalue weighted by atomic mass is 9.83. The topological polar surface area (TPSA) is 95.0 Å². The molecule has 3 atom stereocenters. The first kappa shape index (κ1) is 26.3. The number of rotatable bonds is 8. The molecule has 0 radical (unpaired) electrons. The van der Waals surface area contributed by atoms with E-state index in [9.17, 15) is 31.5 Å². The summed E-state index contributed by atoms with van der Waals surface area (Å²) in [4.78, 5) is 24.4. The summed E-state index contributed by atoms with van der Waals surface area (Å²) in [6.45, 7) is 0. The molecule has 13 heteroatoms. The first-order valence-corrected chi connectivity index (χ1v) is 10.3. The monoisotopic (exact) mass is 491 g/mol. The number of nitrogens with zero attached hydrogens (tertiary/aromatic N) is 2. The number of nitrogens with one attached hydrogen (secondary N) is 3. The summed E-state index contributed by atoms with van der Waals surface area (Å²) in [5.41, 5.74) is 1.50. The highest BCUT2D eigenvalue weighted by Gasteiger charge is 2.46. The van der Waals surface area contributed by atoms with Gasteiger partial charge in [-0.1, -0.05) is 29.6 Å². The SMILES string of the molecule is CNC(=O)c1c(CC(=O)NN=NC(C=S)C2CC(F)=C(C(F)(F)F)C(F)C2)cccc1NC. The second-order valence-electron chi connectivity index (χ2n) is 7.21. The zero-order chi connectivity index (χ0) is 24.8. The molecule has 0 bridgehead atoms. The molecule has 1 aromatic rings. The first-order valence-electron chi connectivity index (χ1n) is 9.78. The Kier molecular flexibility index (Phi) is 8.97. The van der Waals surface area contributed by atoms with Gasteiger partial charge in [0.1, 0.15) is 18.0 Å². The fourth-order valence-corrected chi connectivity index (χ4v) is 3.79. The fraction of sp³-hybridized carbons (Fsp3) is 0.450. The molecule has 3 N–H and O–H groups in total. The van der Waals surface area contributed by atoms with Crippen LogP contribution in [0.15, 0.2) is 39.9 Å². The van der Waals surface area contributed by atoms with E-state index in [0.29, 0.717) is 11.3 Å². The van der Waals surface area contributed by atoms with Gasteiger partial charge >= 0.3 is 6.18 Å². The highest BCUT2D eigenvalue weighted by Crippen LogP contribution is 2.42. The van der Waals surface area contributed by atoms with Crippen LogP contribution in [0.1, 0.15) is 28.8 Å². The fourth-order valence-electron chi connectivity index (χ4n) is 3.51. The van der Waals surface area contributed by atoms with Gasteiger partial charge in [0, 0.05) is 31.6 Å². The average molecular weight is 491 g/mol. The lowest BCUT2D eigenvalue weighted by Gasteiger charge is -2.29. The van der Waals surface area contributed by atoms with Crippen LogP contribution in [0.25, 0.3) is 0 Å². The molecule has 0 spiro atoms. The number of carbonyl (C=O) groups is 2. The Balaban J connectivity index is 2.08. The third kappa shape index (κ3) is 6.53. The van der Waals surface area contributed by atoms with Crippen LogP contribution in [-0.2, 0) is 11.2 Å². The first-order chi connectivity index (χ1) is 15.5. The molecule has 0 aliphatic heterocycles. The number of hydrogen-bond donors (Lipinski definition) is 3. The molecular weight excluding hydrogens is 469 g/mol. The Bertz CT molecular complexity index is 967. The predicted molar refractivity (Wildman–Crippen MR) is 115 cm³/mol. The van der Waals surface area contributed by atoms with Crippen LogP contribution in [0.2, 0.25) is 0 Å². The molecule has 0 saturated carbocycles. The summed E-state index contributed by atoms with van der Waals surface area (Å²) in [5, 5.41) is 13.6. The summed E-state index contributed by atoms with van der Waals surface area (Å²) in [6.07, 6.45) is -9.23. The number of carbonyl (C=O) groups excluding carboxylic acids is 2. The maximum Gasteiger partial charge on any atom is 0.417 e. The lowest BCUT2D eigenvalue weighted by molar-refractivity contribution is -0.120. The number of benzene rings is 1. The summed E-state index contributed by atoms with van der Waals surface area (Å²) >= 11 is 4.78. The van der Waals surface area contributed by atoms with Crippen molar-refractivity contribution in [2.24, 2.45) is 16.3 Å². The predicted octanol–water partition coefficient (Wildman–Crippen LogP) is 4.02. The molecule has 2 amide bonds. The molecule has 2 rings (SSSR count). The van der Waals surface area contributed by atoms with E-state index < -0.39 is 60.4 Å². The number of hydrogen-bond acceptors (Lipinski definition) is 6. The van der Waals surface area contributed by atoms with Crippen molar-refractivity contribution < 1.29 is 31.5 Å². The molecule has 1 aromatic carbocycles. The second kappa shape index (κ2) is 11.3. The lowest BCUT2D eigenvalue weighted by Crippen LogP contribution is -2.33. The molecule has 0 saturated heterocycles. The van der Waals surface area contributed by atoms with Crippen LogP contribution in [0.4, 0.5) is 27.6 Å². The molecule has 7 nitrogen and oxygen atoms in total. The number of anilines is 1. The Morgan fingerprint density at radius 1 is 1.30 bits per heavy atom. The Morgan fingerprint density at radius 3 is 2.55 bits per heavy atom. The maximum absolute atomic E-state index is 14.0. The van der Waals surface area contributed by atoms with Crippen LogP contribution < -0.4 is 16.1 Å². The number of amides is 2. The van der Waals surface area contributed by atoms with Crippen LogP contribution in [0.3, 0.4) is 0 Å². The average Bonchev–Trinajstić information content (AvgIpc) is 2.74. The number of allylic oxidation sites excluding steroid dienone is 2. The van der Waals surface area contributed by atoms with Crippen molar-refractivity contribution >= 4 is 35.1 Å². The summed E-state index contributed by atoms with van der Waals surface area (Å²) < 4.78 is 66.3. The number of halogens is 5. The van der Waals surface area contributed by atoms with Crippen molar-refractivity contribution in [1.29, 1.82) is 0 Å². The van der Waals surface area contributed by atoms with Gasteiger partial charge in [0.25, 0.3) is 5.91 Å². The third-order valence-electron chi connectivity index (χ3n) is 5.08. The van der Waals surface area contributed by atoms with E-state index in [0.717, 1.165) is 5.37 Å². The van der Waals surface area contributed by atoms with Gasteiger partial charge in [-0.05, 0) is 24.0 Å². The standard InChI is InChI=1S/C20H22F5N5O2S/c1-26-14-5-3-4-10(17(14)19(32)27-2)8-16(31)29-30-28-15(9-33)11-6-12(21)18(13(22)7-11)20(23,24)25/h3-5,9,11-12,15,26H,6-8H2,1-2H3,(H,27,32)(H,28,29,31). The van der Waals surface area contributed by atoms with E-state index in [-0.39, 0.29) is 12.0 Å². The van der Waals surface area contributed by atoms with Gasteiger partial charge in [0.2, 0.25) is 5.91 Å². The Morgan fingerprint density at radius 2 is 2.00 bits per heavy atom. The Labute approximate surface area is 191 Å². The van der Waals surface area contributed by atoms with Crippen molar-refractivity contribution in [2.75, 3.05) is 19.4 Å². The van der Waals surface area contributed by atoms with Gasteiger partial charge in [0.05, 0.1) is 17.6 Å². The molecule has 0 aromatic heterocycles. The minimum absolute atomic E-state index is 0.234. The van der Waals surface area contributed by atoms with Gasteiger partial charge < -0.3 is 10.6 Å². The second-order valence-corrected chi connectivity index (χ2v) is 7.48. The molecule has 3 unspecified atom stereocenters. The van der Waals surface area contributed by atoms with E-state index in [1.54, 1.807) is 25.2 Å². The molecule has 0 heterocycles. The van der Waals surface area contributed by atoms with Gasteiger partial charge in [0.15, 0.2) is 0 Å². The van der Waals surface area contributed by atoms with Gasteiger partial charge in [-0.2, -0.15) is 18.3 Å². The van der Waals surface area contributed by atoms with Crippen LogP contribution in [0, 0.1) is 5.92 Å². The van der Waals surface area contributed by atoms with Crippen molar-refractivity contribution in [3.63, 3.8) is 0 Å². The largest absolute Gasteiger partial charge is 0.417 e. The van der Waals surface area contributed by atoms with E-state index >= 15 is 0 Å². The van der Waals surface area contributed by atoms with Crippen molar-refractivity contribution in [2.45, 2.75) is 37.7 Å². The molecule has 0 fully saturated rings. The zero-order valence-electron chi connectivity index (χ0n) is 17.7. The van der Waals surface area contributed by atoms with Gasteiger partial charge in [-0.25, -0.2) is 14.2 Å². The summed E-state index contributed by atoms with van der Waals surface area (Å²) in [6, 6.07) is 3.81. The zero-order valence-corrected chi connectivity index (χ0v) is 18.5. The van der Waals surface area contributed by atoms with E-state index in [4.69, 9.17) is 12.2 Å². The summed E-state index contributed by atoms with van der Waals surface area (Å²) in [5.74, 6) is -3.64. The normalized spacial score (nSPS) is 19.8. The van der Waals surface area contributed by atoms with Gasteiger partial charge in [-0.15, -0.1) is 0 Å². The molecule has 1 aliphatic rings. The molecular formula is C20H22F5N5O2S. The quantitative estimate of drug-likeness (QED) is 0.222. The third-order valence-corrected chi connectivity index (χ3v) is 5.35. The highest BCUT2D eigenvalue weighted by atomic mass is 32.1. The van der Waals surface area contributed by atoms with Crippen LogP contribution >= 0.6 is 12.2 Å². The smallest absolute Gasteiger partial charge is 0.387 e. The van der Waals surface area contributed by atoms with Crippen molar-refractivity contribution in [1.82, 2.24) is 10.7 Å². The van der Waals surface area contributed by atoms with Gasteiger partial charge in [-0.3, -0.25) is 9.59 Å². The molecule has 1 aliphatic carbocycles. The minimum atomic E-state index is -5.10. The van der Waals surface area contributed by atoms with E-state index in [2.05, 4.69) is 26.4 Å². The van der Waals surface area contributed by atoms with Crippen LogP contribution in [0.5, 0.6) is 0 Å². The number of thiocarbonyl (C=S) groups is 1. The molecule has 180 valence electrons. The minimum Gasteiger partial charge on any atom is -0.387 e. The Hall–Kier alpha value is -2.96. The van der Waals surface area contributed by atoms with E-state index in [1.165, 1.54) is 7.05 Å². The van der Waals surface area contributed by atoms with Crippen molar-refractivity contribution in [3.8, 4) is 0 Å². The maximum atomic E-state index is 14.0. The number of alkyl halides is 4.